The van der Waals surface area contributed by atoms with Crippen LogP contribution in [0.1, 0.15) is 20.7 Å². The molecule has 0 aliphatic rings. The summed E-state index contributed by atoms with van der Waals surface area (Å²) in [6, 6.07) is 13.4. The van der Waals surface area contributed by atoms with Crippen LogP contribution in [0.2, 0.25) is 0 Å². The fourth-order valence-corrected chi connectivity index (χ4v) is 2.42. The predicted octanol–water partition coefficient (Wildman–Crippen LogP) is 3.39. The Hall–Kier alpha value is -2.88. The SMILES string of the molecule is O=C(O)c1ccc2c(ccc3c(C(=O)O)cccc32)c1. The Morgan fingerprint density at radius 3 is 2.20 bits per heavy atom. The Morgan fingerprint density at radius 2 is 1.50 bits per heavy atom. The number of rotatable bonds is 2. The van der Waals surface area contributed by atoms with Crippen LogP contribution in [0.4, 0.5) is 0 Å². The number of aromatic carboxylic acids is 2. The van der Waals surface area contributed by atoms with Gasteiger partial charge in [0.25, 0.3) is 0 Å². The standard InChI is InChI=1S/C16H10O4/c17-15(18)10-5-6-11-9(8-10)4-7-13-12(11)2-1-3-14(13)16(19)20/h1-8H,(H,17,18)(H,19,20). The molecule has 0 aliphatic carbocycles. The van der Waals surface area contributed by atoms with Crippen molar-refractivity contribution in [3.05, 3.63) is 59.7 Å². The van der Waals surface area contributed by atoms with Gasteiger partial charge in [-0.1, -0.05) is 30.3 Å². The molecule has 3 aromatic carbocycles. The van der Waals surface area contributed by atoms with Crippen LogP contribution in [0.3, 0.4) is 0 Å². The van der Waals surface area contributed by atoms with Gasteiger partial charge < -0.3 is 10.2 Å². The van der Waals surface area contributed by atoms with Crippen molar-refractivity contribution >= 4 is 33.5 Å². The predicted molar refractivity (Wildman–Crippen MR) is 75.4 cm³/mol. The summed E-state index contributed by atoms with van der Waals surface area (Å²) in [5, 5.41) is 21.3. The minimum absolute atomic E-state index is 0.214. The molecule has 3 aromatic rings. The monoisotopic (exact) mass is 266 g/mol. The van der Waals surface area contributed by atoms with E-state index in [1.807, 2.05) is 6.07 Å². The molecular formula is C16H10O4. The molecule has 2 N–H and O–H groups in total. The maximum atomic E-state index is 11.2. The molecule has 0 saturated heterocycles. The first-order valence-corrected chi connectivity index (χ1v) is 6.00. The van der Waals surface area contributed by atoms with Gasteiger partial charge >= 0.3 is 11.9 Å². The summed E-state index contributed by atoms with van der Waals surface area (Å²) in [6.07, 6.45) is 0. The first-order valence-electron chi connectivity index (χ1n) is 6.00. The Bertz CT molecular complexity index is 865. The van der Waals surface area contributed by atoms with Crippen LogP contribution in [0, 0.1) is 0 Å². The zero-order valence-electron chi connectivity index (χ0n) is 10.3. The summed E-state index contributed by atoms with van der Waals surface area (Å²) in [5.41, 5.74) is 0.456. The van der Waals surface area contributed by atoms with E-state index in [1.165, 1.54) is 6.07 Å². The summed E-state index contributed by atoms with van der Waals surface area (Å²) in [6.45, 7) is 0. The quantitative estimate of drug-likeness (QED) is 0.697. The van der Waals surface area contributed by atoms with E-state index in [-0.39, 0.29) is 11.1 Å². The van der Waals surface area contributed by atoms with E-state index >= 15 is 0 Å². The summed E-state index contributed by atoms with van der Waals surface area (Å²) in [4.78, 5) is 22.2. The number of fused-ring (bicyclic) bond motifs is 3. The number of benzene rings is 3. The molecule has 0 amide bonds. The molecule has 20 heavy (non-hydrogen) atoms. The first-order chi connectivity index (χ1) is 9.58. The molecule has 0 saturated carbocycles. The van der Waals surface area contributed by atoms with Crippen LogP contribution in [-0.2, 0) is 0 Å². The first kappa shape index (κ1) is 12.2. The number of carboxylic acid groups (broad SMARTS) is 2. The van der Waals surface area contributed by atoms with Crippen molar-refractivity contribution in [2.45, 2.75) is 0 Å². The second-order valence-electron chi connectivity index (χ2n) is 4.51. The van der Waals surface area contributed by atoms with Crippen LogP contribution in [0.25, 0.3) is 21.5 Å². The van der Waals surface area contributed by atoms with Gasteiger partial charge in [-0.15, -0.1) is 0 Å². The van der Waals surface area contributed by atoms with Crippen molar-refractivity contribution in [3.8, 4) is 0 Å². The fourth-order valence-electron chi connectivity index (χ4n) is 2.42. The van der Waals surface area contributed by atoms with E-state index in [1.54, 1.807) is 36.4 Å². The Kier molecular flexibility index (Phi) is 2.64. The molecule has 0 radical (unpaired) electrons. The van der Waals surface area contributed by atoms with E-state index in [0.717, 1.165) is 16.2 Å². The summed E-state index contributed by atoms with van der Waals surface area (Å²) >= 11 is 0. The zero-order chi connectivity index (χ0) is 14.3. The average molecular weight is 266 g/mol. The molecule has 4 nitrogen and oxygen atoms in total. The number of hydrogen-bond donors (Lipinski definition) is 2. The van der Waals surface area contributed by atoms with E-state index < -0.39 is 11.9 Å². The van der Waals surface area contributed by atoms with Gasteiger partial charge in [-0.25, -0.2) is 9.59 Å². The van der Waals surface area contributed by atoms with Gasteiger partial charge in [0.05, 0.1) is 11.1 Å². The topological polar surface area (TPSA) is 74.6 Å². The van der Waals surface area contributed by atoms with Crippen LogP contribution in [-0.4, -0.2) is 22.2 Å². The normalized spacial score (nSPS) is 10.8. The molecule has 4 heteroatoms. The smallest absolute Gasteiger partial charge is 0.336 e. The van der Waals surface area contributed by atoms with Crippen molar-refractivity contribution in [2.75, 3.05) is 0 Å². The van der Waals surface area contributed by atoms with Crippen LogP contribution in [0.15, 0.2) is 48.5 Å². The van der Waals surface area contributed by atoms with E-state index in [9.17, 15) is 14.7 Å². The second kappa shape index (κ2) is 4.35. The van der Waals surface area contributed by atoms with Crippen LogP contribution in [0.5, 0.6) is 0 Å². The van der Waals surface area contributed by atoms with E-state index in [4.69, 9.17) is 5.11 Å². The molecule has 3 rings (SSSR count). The van der Waals surface area contributed by atoms with Gasteiger partial charge in [-0.3, -0.25) is 0 Å². The lowest BCUT2D eigenvalue weighted by atomic mass is 9.97. The molecule has 0 spiro atoms. The van der Waals surface area contributed by atoms with Crippen molar-refractivity contribution in [1.29, 1.82) is 0 Å². The lowest BCUT2D eigenvalue weighted by Gasteiger charge is -2.07. The van der Waals surface area contributed by atoms with E-state index in [2.05, 4.69) is 0 Å². The van der Waals surface area contributed by atoms with Gasteiger partial charge in [0.1, 0.15) is 0 Å². The molecular weight excluding hydrogens is 256 g/mol. The molecule has 0 aliphatic heterocycles. The molecule has 0 atom stereocenters. The van der Waals surface area contributed by atoms with Crippen LogP contribution >= 0.6 is 0 Å². The highest BCUT2D eigenvalue weighted by molar-refractivity contribution is 6.14. The van der Waals surface area contributed by atoms with Gasteiger partial charge in [-0.2, -0.15) is 0 Å². The highest BCUT2D eigenvalue weighted by Gasteiger charge is 2.11. The minimum Gasteiger partial charge on any atom is -0.478 e. The van der Waals surface area contributed by atoms with Crippen molar-refractivity contribution in [2.24, 2.45) is 0 Å². The van der Waals surface area contributed by atoms with Crippen molar-refractivity contribution < 1.29 is 19.8 Å². The van der Waals surface area contributed by atoms with Gasteiger partial charge in [-0.05, 0) is 39.7 Å². The van der Waals surface area contributed by atoms with Gasteiger partial charge in [0.15, 0.2) is 0 Å². The highest BCUT2D eigenvalue weighted by Crippen LogP contribution is 2.28. The van der Waals surface area contributed by atoms with Crippen molar-refractivity contribution in [3.63, 3.8) is 0 Å². The number of carbonyl (C=O) groups is 2. The third kappa shape index (κ3) is 1.78. The molecule has 98 valence electrons. The highest BCUT2D eigenvalue weighted by atomic mass is 16.4. The average Bonchev–Trinajstić information content (AvgIpc) is 2.45. The Balaban J connectivity index is 2.40. The molecule has 0 heterocycles. The third-order valence-electron chi connectivity index (χ3n) is 3.35. The maximum absolute atomic E-state index is 11.2. The van der Waals surface area contributed by atoms with E-state index in [0.29, 0.717) is 5.39 Å². The van der Waals surface area contributed by atoms with Gasteiger partial charge in [0, 0.05) is 0 Å². The Labute approximate surface area is 113 Å². The third-order valence-corrected chi connectivity index (χ3v) is 3.35. The largest absolute Gasteiger partial charge is 0.478 e. The molecule has 0 bridgehead atoms. The van der Waals surface area contributed by atoms with Crippen LogP contribution < -0.4 is 0 Å². The lowest BCUT2D eigenvalue weighted by Crippen LogP contribution is -1.98. The second-order valence-corrected chi connectivity index (χ2v) is 4.51. The maximum Gasteiger partial charge on any atom is 0.336 e. The fraction of sp³-hybridized carbons (Fsp3) is 0. The molecule has 0 fully saturated rings. The Morgan fingerprint density at radius 1 is 0.750 bits per heavy atom. The number of carboxylic acids is 2. The van der Waals surface area contributed by atoms with Crippen molar-refractivity contribution in [1.82, 2.24) is 0 Å². The van der Waals surface area contributed by atoms with Gasteiger partial charge in [0.2, 0.25) is 0 Å². The number of hydrogen-bond acceptors (Lipinski definition) is 2. The summed E-state index contributed by atoms with van der Waals surface area (Å²) in [7, 11) is 0. The summed E-state index contributed by atoms with van der Waals surface area (Å²) in [5.74, 6) is -1.96. The lowest BCUT2D eigenvalue weighted by molar-refractivity contribution is 0.0687. The molecule has 0 aromatic heterocycles. The molecule has 0 unspecified atom stereocenters. The minimum atomic E-state index is -0.980. The summed E-state index contributed by atoms with van der Waals surface area (Å²) < 4.78 is 0. The zero-order valence-corrected chi connectivity index (χ0v) is 10.3.